The van der Waals surface area contributed by atoms with Gasteiger partial charge in [0.25, 0.3) is 5.91 Å². The van der Waals surface area contributed by atoms with Crippen LogP contribution in [0.25, 0.3) is 0 Å². The Hall–Kier alpha value is -2.61. The lowest BCUT2D eigenvalue weighted by atomic mass is 10.2. The van der Waals surface area contributed by atoms with Gasteiger partial charge < -0.3 is 25.4 Å². The summed E-state index contributed by atoms with van der Waals surface area (Å²) >= 11 is 0. The Bertz CT molecular complexity index is 630. The van der Waals surface area contributed by atoms with Crippen LogP contribution in [0.15, 0.2) is 24.3 Å². The van der Waals surface area contributed by atoms with Crippen LogP contribution in [0.2, 0.25) is 0 Å². The number of hydrogen-bond acceptors (Lipinski definition) is 6. The minimum absolute atomic E-state index is 0.0679. The first-order valence-corrected chi connectivity index (χ1v) is 8.15. The number of carbonyl (C=O) groups is 3. The fourth-order valence-corrected chi connectivity index (χ4v) is 2.13. The number of para-hydroxylation sites is 1. The molecule has 1 saturated carbocycles. The van der Waals surface area contributed by atoms with Crippen molar-refractivity contribution in [2.75, 3.05) is 38.7 Å². The Morgan fingerprint density at radius 3 is 2.68 bits per heavy atom. The predicted molar refractivity (Wildman–Crippen MR) is 91.1 cm³/mol. The van der Waals surface area contributed by atoms with Crippen LogP contribution in [0.4, 0.5) is 5.69 Å². The van der Waals surface area contributed by atoms with Gasteiger partial charge >= 0.3 is 5.97 Å². The molecule has 0 unspecified atom stereocenters. The van der Waals surface area contributed by atoms with Gasteiger partial charge in [0, 0.05) is 25.3 Å². The Labute approximate surface area is 146 Å². The van der Waals surface area contributed by atoms with E-state index in [4.69, 9.17) is 9.84 Å². The molecule has 1 aliphatic carbocycles. The van der Waals surface area contributed by atoms with Gasteiger partial charge in [-0.1, -0.05) is 12.1 Å². The van der Waals surface area contributed by atoms with Crippen molar-refractivity contribution >= 4 is 23.5 Å². The topological polar surface area (TPSA) is 108 Å². The van der Waals surface area contributed by atoms with Crippen LogP contribution in [0.1, 0.15) is 23.2 Å². The van der Waals surface area contributed by atoms with Gasteiger partial charge in [-0.3, -0.25) is 9.59 Å². The summed E-state index contributed by atoms with van der Waals surface area (Å²) in [5, 5.41) is 14.6. The molecule has 0 radical (unpaired) electrons. The molecular weight excluding hydrogens is 326 g/mol. The highest BCUT2D eigenvalue weighted by Crippen LogP contribution is 2.18. The van der Waals surface area contributed by atoms with E-state index in [1.54, 1.807) is 24.3 Å². The van der Waals surface area contributed by atoms with Crippen molar-refractivity contribution in [1.82, 2.24) is 10.2 Å². The fourth-order valence-electron chi connectivity index (χ4n) is 2.13. The molecule has 0 spiro atoms. The van der Waals surface area contributed by atoms with E-state index >= 15 is 0 Å². The number of likely N-dealkylation sites (N-methyl/N-ethyl adjacent to an activating group) is 1. The van der Waals surface area contributed by atoms with E-state index in [2.05, 4.69) is 10.6 Å². The van der Waals surface area contributed by atoms with Crippen molar-refractivity contribution in [2.24, 2.45) is 0 Å². The molecule has 2 rings (SSSR count). The maximum atomic E-state index is 12.2. The first-order chi connectivity index (χ1) is 12.0. The van der Waals surface area contributed by atoms with Crippen molar-refractivity contribution in [1.29, 1.82) is 0 Å². The van der Waals surface area contributed by atoms with E-state index in [9.17, 15) is 14.4 Å². The third-order valence-corrected chi connectivity index (χ3v) is 3.65. The van der Waals surface area contributed by atoms with Crippen LogP contribution in [0, 0.1) is 0 Å². The van der Waals surface area contributed by atoms with E-state index < -0.39 is 18.5 Å². The van der Waals surface area contributed by atoms with Crippen molar-refractivity contribution in [2.45, 2.75) is 18.9 Å². The Balaban J connectivity index is 1.82. The number of esters is 1. The second-order valence-electron chi connectivity index (χ2n) is 5.86. The average molecular weight is 349 g/mol. The van der Waals surface area contributed by atoms with Gasteiger partial charge in [0.15, 0.2) is 6.61 Å². The SMILES string of the molecule is CN(CC(=O)NC1CC1)C(=O)COC(=O)c1ccccc1NCCO. The van der Waals surface area contributed by atoms with E-state index in [0.717, 1.165) is 12.8 Å². The van der Waals surface area contributed by atoms with E-state index in [1.165, 1.54) is 11.9 Å². The fraction of sp³-hybridized carbons (Fsp3) is 0.471. The summed E-state index contributed by atoms with van der Waals surface area (Å²) < 4.78 is 5.04. The number of aliphatic hydroxyl groups excluding tert-OH is 1. The molecule has 1 aliphatic rings. The molecule has 3 N–H and O–H groups in total. The van der Waals surface area contributed by atoms with E-state index in [-0.39, 0.29) is 30.7 Å². The summed E-state index contributed by atoms with van der Waals surface area (Å²) in [6.07, 6.45) is 1.95. The normalized spacial score (nSPS) is 13.0. The Kier molecular flexibility index (Phi) is 6.76. The molecule has 1 aromatic carbocycles. The summed E-state index contributed by atoms with van der Waals surface area (Å²) in [7, 11) is 1.49. The number of benzene rings is 1. The number of anilines is 1. The van der Waals surface area contributed by atoms with E-state index in [1.807, 2.05) is 0 Å². The first kappa shape index (κ1) is 18.7. The zero-order chi connectivity index (χ0) is 18.2. The standard InChI is InChI=1S/C17H23N3O5/c1-20(10-15(22)19-12-6-7-12)16(23)11-25-17(24)13-4-2-3-5-14(13)18-8-9-21/h2-5,12,18,21H,6-11H2,1H3,(H,19,22). The summed E-state index contributed by atoms with van der Waals surface area (Å²) in [6, 6.07) is 6.91. The number of ether oxygens (including phenoxy) is 1. The molecule has 1 aromatic rings. The molecular formula is C17H23N3O5. The third kappa shape index (κ3) is 6.07. The number of hydrogen-bond donors (Lipinski definition) is 3. The average Bonchev–Trinajstić information content (AvgIpc) is 3.41. The van der Waals surface area contributed by atoms with Gasteiger partial charge in [-0.05, 0) is 25.0 Å². The Morgan fingerprint density at radius 2 is 2.00 bits per heavy atom. The van der Waals surface area contributed by atoms with Crippen LogP contribution in [0.3, 0.4) is 0 Å². The van der Waals surface area contributed by atoms with Crippen LogP contribution >= 0.6 is 0 Å². The van der Waals surface area contributed by atoms with E-state index in [0.29, 0.717) is 12.2 Å². The smallest absolute Gasteiger partial charge is 0.340 e. The van der Waals surface area contributed by atoms with Crippen LogP contribution < -0.4 is 10.6 Å². The van der Waals surface area contributed by atoms with Crippen molar-refractivity contribution in [3.63, 3.8) is 0 Å². The number of nitrogens with zero attached hydrogens (tertiary/aromatic N) is 1. The van der Waals surface area contributed by atoms with Crippen molar-refractivity contribution in [3.8, 4) is 0 Å². The summed E-state index contributed by atoms with van der Waals surface area (Å²) in [4.78, 5) is 37.0. The second kappa shape index (κ2) is 9.03. The Morgan fingerprint density at radius 1 is 1.28 bits per heavy atom. The van der Waals surface area contributed by atoms with Crippen LogP contribution in [-0.2, 0) is 14.3 Å². The lowest BCUT2D eigenvalue weighted by Crippen LogP contribution is -2.40. The monoisotopic (exact) mass is 349 g/mol. The van der Waals surface area contributed by atoms with Crippen molar-refractivity contribution < 1.29 is 24.2 Å². The third-order valence-electron chi connectivity index (χ3n) is 3.65. The number of carbonyl (C=O) groups excluding carboxylic acids is 3. The van der Waals surface area contributed by atoms with Gasteiger partial charge in [-0.25, -0.2) is 4.79 Å². The molecule has 0 aliphatic heterocycles. The number of aliphatic hydroxyl groups is 1. The summed E-state index contributed by atoms with van der Waals surface area (Å²) in [6.45, 7) is -0.292. The molecule has 25 heavy (non-hydrogen) atoms. The van der Waals surface area contributed by atoms with Crippen molar-refractivity contribution in [3.05, 3.63) is 29.8 Å². The number of nitrogens with one attached hydrogen (secondary N) is 2. The quantitative estimate of drug-likeness (QED) is 0.541. The highest BCUT2D eigenvalue weighted by atomic mass is 16.5. The molecule has 0 aromatic heterocycles. The zero-order valence-corrected chi connectivity index (χ0v) is 14.2. The van der Waals surface area contributed by atoms with Crippen LogP contribution in [-0.4, -0.2) is 67.2 Å². The molecule has 1 fully saturated rings. The predicted octanol–water partition coefficient (Wildman–Crippen LogP) is -0.0154. The minimum atomic E-state index is -0.648. The lowest BCUT2D eigenvalue weighted by molar-refractivity contribution is -0.137. The molecule has 136 valence electrons. The first-order valence-electron chi connectivity index (χ1n) is 8.15. The highest BCUT2D eigenvalue weighted by molar-refractivity contribution is 5.97. The van der Waals surface area contributed by atoms with Gasteiger partial charge in [0.05, 0.1) is 18.7 Å². The lowest BCUT2D eigenvalue weighted by Gasteiger charge is -2.17. The summed E-state index contributed by atoms with van der Waals surface area (Å²) in [5.74, 6) is -1.33. The minimum Gasteiger partial charge on any atom is -0.452 e. The largest absolute Gasteiger partial charge is 0.452 e. The molecule has 8 nitrogen and oxygen atoms in total. The maximum Gasteiger partial charge on any atom is 0.340 e. The van der Waals surface area contributed by atoms with Crippen LogP contribution in [0.5, 0.6) is 0 Å². The molecule has 2 amide bonds. The second-order valence-corrected chi connectivity index (χ2v) is 5.86. The molecule has 0 heterocycles. The highest BCUT2D eigenvalue weighted by Gasteiger charge is 2.24. The van der Waals surface area contributed by atoms with Gasteiger partial charge in [-0.2, -0.15) is 0 Å². The molecule has 0 saturated heterocycles. The van der Waals surface area contributed by atoms with Gasteiger partial charge in [0.1, 0.15) is 0 Å². The number of amides is 2. The van der Waals surface area contributed by atoms with Gasteiger partial charge in [0.2, 0.25) is 5.91 Å². The summed E-state index contributed by atoms with van der Waals surface area (Å²) in [5.41, 5.74) is 0.795. The number of rotatable bonds is 9. The molecule has 0 atom stereocenters. The molecule has 0 bridgehead atoms. The maximum absolute atomic E-state index is 12.2. The molecule has 8 heteroatoms. The van der Waals surface area contributed by atoms with Gasteiger partial charge in [-0.15, -0.1) is 0 Å². The zero-order valence-electron chi connectivity index (χ0n) is 14.2.